The van der Waals surface area contributed by atoms with Gasteiger partial charge in [0.1, 0.15) is 0 Å². The molecule has 0 aromatic heterocycles. The summed E-state index contributed by atoms with van der Waals surface area (Å²) in [6.07, 6.45) is 9.26. The number of hydrogen-bond donors (Lipinski definition) is 2. The van der Waals surface area contributed by atoms with E-state index in [1.54, 1.807) is 0 Å². The topological polar surface area (TPSA) is 38.0 Å². The molecule has 1 fully saturated rings. The van der Waals surface area contributed by atoms with Crippen LogP contribution in [0.15, 0.2) is 0 Å². The second-order valence-electron chi connectivity index (χ2n) is 4.83. The summed E-state index contributed by atoms with van der Waals surface area (Å²) >= 11 is 2.10. The summed E-state index contributed by atoms with van der Waals surface area (Å²) in [5.74, 6) is 7.00. The highest BCUT2D eigenvalue weighted by Crippen LogP contribution is 2.41. The Balaban J connectivity index is 2.28. The molecule has 0 aliphatic carbocycles. The van der Waals surface area contributed by atoms with Crippen LogP contribution < -0.4 is 11.3 Å². The predicted octanol–water partition coefficient (Wildman–Crippen LogP) is 3.07. The van der Waals surface area contributed by atoms with Gasteiger partial charge in [0.25, 0.3) is 0 Å². The molecule has 0 aromatic rings. The van der Waals surface area contributed by atoms with Crippen LogP contribution in [0.5, 0.6) is 0 Å². The molecule has 3 N–H and O–H groups in total. The number of hydrazine groups is 1. The van der Waals surface area contributed by atoms with Gasteiger partial charge in [-0.25, -0.2) is 0 Å². The Bertz CT molecular complexity index is 167. The third kappa shape index (κ3) is 3.97. The Labute approximate surface area is 98.7 Å². The van der Waals surface area contributed by atoms with E-state index in [-0.39, 0.29) is 0 Å². The molecule has 15 heavy (non-hydrogen) atoms. The zero-order chi connectivity index (χ0) is 11.1. The van der Waals surface area contributed by atoms with E-state index < -0.39 is 0 Å². The molecule has 0 radical (unpaired) electrons. The Morgan fingerprint density at radius 1 is 1.40 bits per heavy atom. The SMILES string of the molecule is CCCCCCC(NN)C1(C)CCCS1. The number of nitrogens with one attached hydrogen (secondary N) is 1. The van der Waals surface area contributed by atoms with Crippen molar-refractivity contribution in [3.63, 3.8) is 0 Å². The molecule has 0 saturated carbocycles. The summed E-state index contributed by atoms with van der Waals surface area (Å²) in [6.45, 7) is 4.63. The maximum Gasteiger partial charge on any atom is 0.0354 e. The Morgan fingerprint density at radius 2 is 2.20 bits per heavy atom. The molecule has 0 bridgehead atoms. The van der Waals surface area contributed by atoms with E-state index in [0.29, 0.717) is 10.8 Å². The molecule has 1 aliphatic heterocycles. The number of hydrogen-bond acceptors (Lipinski definition) is 3. The van der Waals surface area contributed by atoms with Gasteiger partial charge in [-0.2, -0.15) is 11.8 Å². The maximum absolute atomic E-state index is 5.69. The quantitative estimate of drug-likeness (QED) is 0.401. The van der Waals surface area contributed by atoms with E-state index in [1.165, 1.54) is 50.7 Å². The normalized spacial score (nSPS) is 28.2. The van der Waals surface area contributed by atoms with Crippen LogP contribution in [0, 0.1) is 0 Å². The van der Waals surface area contributed by atoms with Crippen LogP contribution in [0.4, 0.5) is 0 Å². The van der Waals surface area contributed by atoms with Crippen LogP contribution in [0.1, 0.15) is 58.8 Å². The molecule has 0 amide bonds. The summed E-state index contributed by atoms with van der Waals surface area (Å²) in [5.41, 5.74) is 3.04. The van der Waals surface area contributed by atoms with Gasteiger partial charge in [0.15, 0.2) is 0 Å². The Hall–Kier alpha value is 0.270. The highest BCUT2D eigenvalue weighted by molar-refractivity contribution is 8.00. The average molecular weight is 230 g/mol. The van der Waals surface area contributed by atoms with Crippen LogP contribution in [0.3, 0.4) is 0 Å². The lowest BCUT2D eigenvalue weighted by molar-refractivity contribution is 0.373. The fraction of sp³-hybridized carbons (Fsp3) is 1.00. The van der Waals surface area contributed by atoms with Crippen molar-refractivity contribution >= 4 is 11.8 Å². The van der Waals surface area contributed by atoms with Gasteiger partial charge in [0.2, 0.25) is 0 Å². The van der Waals surface area contributed by atoms with E-state index in [2.05, 4.69) is 31.0 Å². The molecule has 1 rings (SSSR count). The molecular formula is C12H26N2S. The number of thioether (sulfide) groups is 1. The molecule has 90 valence electrons. The van der Waals surface area contributed by atoms with Crippen molar-refractivity contribution in [2.24, 2.45) is 5.84 Å². The first-order valence-corrected chi connectivity index (χ1v) is 7.31. The Kier molecular flexibility index (Phi) is 6.02. The van der Waals surface area contributed by atoms with Gasteiger partial charge in [-0.05, 0) is 31.9 Å². The van der Waals surface area contributed by atoms with Crippen molar-refractivity contribution in [3.8, 4) is 0 Å². The fourth-order valence-electron chi connectivity index (χ4n) is 2.42. The van der Waals surface area contributed by atoms with Crippen molar-refractivity contribution in [1.82, 2.24) is 5.43 Å². The lowest BCUT2D eigenvalue weighted by Crippen LogP contribution is -2.48. The molecule has 1 aliphatic rings. The third-order valence-corrected chi connectivity index (χ3v) is 5.17. The van der Waals surface area contributed by atoms with Crippen LogP contribution in [0.25, 0.3) is 0 Å². The largest absolute Gasteiger partial charge is 0.271 e. The third-order valence-electron chi connectivity index (χ3n) is 3.53. The first kappa shape index (κ1) is 13.3. The first-order chi connectivity index (χ1) is 7.23. The summed E-state index contributed by atoms with van der Waals surface area (Å²) in [7, 11) is 0. The van der Waals surface area contributed by atoms with Crippen LogP contribution in [-0.4, -0.2) is 16.5 Å². The van der Waals surface area contributed by atoms with Gasteiger partial charge in [0.05, 0.1) is 0 Å². The van der Waals surface area contributed by atoms with E-state index in [0.717, 1.165) is 0 Å². The fourth-order valence-corrected chi connectivity index (χ4v) is 3.85. The maximum atomic E-state index is 5.69. The molecule has 2 unspecified atom stereocenters. The average Bonchev–Trinajstić information content (AvgIpc) is 2.66. The van der Waals surface area contributed by atoms with Crippen LogP contribution in [-0.2, 0) is 0 Å². The van der Waals surface area contributed by atoms with Gasteiger partial charge in [-0.1, -0.05) is 32.6 Å². The number of nitrogens with two attached hydrogens (primary N) is 1. The zero-order valence-electron chi connectivity index (χ0n) is 10.2. The molecule has 3 heteroatoms. The minimum Gasteiger partial charge on any atom is -0.271 e. The van der Waals surface area contributed by atoms with E-state index in [4.69, 9.17) is 5.84 Å². The smallest absolute Gasteiger partial charge is 0.0354 e. The summed E-state index contributed by atoms with van der Waals surface area (Å²) in [6, 6.07) is 0.502. The number of unbranched alkanes of at least 4 members (excludes halogenated alkanes) is 3. The molecular weight excluding hydrogens is 204 g/mol. The Morgan fingerprint density at radius 3 is 2.73 bits per heavy atom. The van der Waals surface area contributed by atoms with Crippen molar-refractivity contribution in [3.05, 3.63) is 0 Å². The van der Waals surface area contributed by atoms with Crippen molar-refractivity contribution in [2.75, 3.05) is 5.75 Å². The minimum absolute atomic E-state index is 0.390. The molecule has 1 heterocycles. The molecule has 2 atom stereocenters. The van der Waals surface area contributed by atoms with Crippen molar-refractivity contribution in [1.29, 1.82) is 0 Å². The predicted molar refractivity (Wildman–Crippen MR) is 70.0 cm³/mol. The van der Waals surface area contributed by atoms with E-state index in [9.17, 15) is 0 Å². The lowest BCUT2D eigenvalue weighted by Gasteiger charge is -2.32. The molecule has 0 spiro atoms. The van der Waals surface area contributed by atoms with E-state index >= 15 is 0 Å². The summed E-state index contributed by atoms with van der Waals surface area (Å²) < 4.78 is 0.390. The highest BCUT2D eigenvalue weighted by atomic mass is 32.2. The van der Waals surface area contributed by atoms with Gasteiger partial charge in [0, 0.05) is 10.8 Å². The van der Waals surface area contributed by atoms with Crippen molar-refractivity contribution < 1.29 is 0 Å². The highest BCUT2D eigenvalue weighted by Gasteiger charge is 2.36. The summed E-state index contributed by atoms with van der Waals surface area (Å²) in [4.78, 5) is 0. The molecule has 1 saturated heterocycles. The second kappa shape index (κ2) is 6.77. The lowest BCUT2D eigenvalue weighted by atomic mass is 9.92. The first-order valence-electron chi connectivity index (χ1n) is 6.33. The second-order valence-corrected chi connectivity index (χ2v) is 6.46. The monoisotopic (exact) mass is 230 g/mol. The standard InChI is InChI=1S/C12H26N2S/c1-3-4-5-6-8-11(14-13)12(2)9-7-10-15-12/h11,14H,3-10,13H2,1-2H3. The van der Waals surface area contributed by atoms with Gasteiger partial charge >= 0.3 is 0 Å². The van der Waals surface area contributed by atoms with Crippen LogP contribution in [0.2, 0.25) is 0 Å². The van der Waals surface area contributed by atoms with Gasteiger partial charge < -0.3 is 0 Å². The number of rotatable bonds is 7. The van der Waals surface area contributed by atoms with E-state index in [1.807, 2.05) is 0 Å². The summed E-state index contributed by atoms with van der Waals surface area (Å²) in [5, 5.41) is 0. The van der Waals surface area contributed by atoms with Gasteiger partial charge in [-0.15, -0.1) is 0 Å². The minimum atomic E-state index is 0.390. The molecule has 2 nitrogen and oxygen atoms in total. The molecule has 0 aromatic carbocycles. The van der Waals surface area contributed by atoms with Crippen molar-refractivity contribution in [2.45, 2.75) is 69.6 Å². The van der Waals surface area contributed by atoms with Gasteiger partial charge in [-0.3, -0.25) is 11.3 Å². The zero-order valence-corrected chi connectivity index (χ0v) is 11.0. The van der Waals surface area contributed by atoms with Crippen LogP contribution >= 0.6 is 11.8 Å².